The SMILES string of the molecule is CCC(C)(C)OCC1OC(C(C)(CC)C(C)(CC)OCC2OC(C(C)(C)CC)C(OC(=O)CCS)C(O)C2O)C(O)C(O)C1O. The molecule has 0 aliphatic carbocycles. The van der Waals surface area contributed by atoms with Crippen molar-refractivity contribution in [3.8, 4) is 0 Å². The third kappa shape index (κ3) is 8.93. The van der Waals surface area contributed by atoms with Gasteiger partial charge in [-0.2, -0.15) is 12.6 Å². The summed E-state index contributed by atoms with van der Waals surface area (Å²) >= 11 is 4.09. The van der Waals surface area contributed by atoms with Crippen LogP contribution in [0.3, 0.4) is 0 Å². The molecule has 5 N–H and O–H groups in total. The van der Waals surface area contributed by atoms with Crippen molar-refractivity contribution in [2.45, 2.75) is 174 Å². The van der Waals surface area contributed by atoms with E-state index in [1.807, 2.05) is 69.2 Å². The summed E-state index contributed by atoms with van der Waals surface area (Å²) in [5.74, 6) is -0.247. The van der Waals surface area contributed by atoms with Gasteiger partial charge in [0.05, 0.1) is 36.9 Å². The Kier molecular flexibility index (Phi) is 14.7. The molecule has 0 bridgehead atoms. The summed E-state index contributed by atoms with van der Waals surface area (Å²) in [6.45, 7) is 19.3. The van der Waals surface area contributed by atoms with E-state index < -0.39 is 89.0 Å². The van der Waals surface area contributed by atoms with Crippen LogP contribution in [0.4, 0.5) is 0 Å². The van der Waals surface area contributed by atoms with Crippen molar-refractivity contribution >= 4 is 18.6 Å². The molecule has 2 aliphatic rings. The summed E-state index contributed by atoms with van der Waals surface area (Å²) in [7, 11) is 0. The number of carbonyl (C=O) groups excluding carboxylic acids is 1. The fraction of sp³-hybridized carbons (Fsp3) is 0.970. The van der Waals surface area contributed by atoms with Gasteiger partial charge in [-0.1, -0.05) is 48.5 Å². The van der Waals surface area contributed by atoms with Gasteiger partial charge in [0.15, 0.2) is 6.10 Å². The Morgan fingerprint density at radius 3 is 1.71 bits per heavy atom. The number of hydrogen-bond donors (Lipinski definition) is 6. The van der Waals surface area contributed by atoms with Crippen molar-refractivity contribution in [2.24, 2.45) is 10.8 Å². The zero-order valence-corrected chi connectivity index (χ0v) is 30.0. The van der Waals surface area contributed by atoms with E-state index in [0.29, 0.717) is 19.3 Å². The highest BCUT2D eigenvalue weighted by Crippen LogP contribution is 2.48. The molecule has 0 amide bonds. The van der Waals surface area contributed by atoms with Crippen LogP contribution in [0.15, 0.2) is 0 Å². The molecule has 0 saturated carbocycles. The second-order valence-electron chi connectivity index (χ2n) is 14.5. The molecule has 12 heteroatoms. The minimum absolute atomic E-state index is 0.0279. The highest BCUT2D eigenvalue weighted by atomic mass is 32.1. The Balaban J connectivity index is 2.35. The molecular weight excluding hydrogens is 604 g/mol. The molecule has 0 radical (unpaired) electrons. The van der Waals surface area contributed by atoms with Crippen LogP contribution in [0.5, 0.6) is 0 Å². The number of esters is 1. The third-order valence-electron chi connectivity index (χ3n) is 11.0. The third-order valence-corrected chi connectivity index (χ3v) is 11.2. The maximum absolute atomic E-state index is 12.4. The van der Waals surface area contributed by atoms with E-state index in [9.17, 15) is 30.3 Å². The van der Waals surface area contributed by atoms with Crippen LogP contribution < -0.4 is 0 Å². The second kappa shape index (κ2) is 16.2. The van der Waals surface area contributed by atoms with E-state index in [4.69, 9.17) is 23.7 Å². The van der Waals surface area contributed by atoms with Gasteiger partial charge < -0.3 is 49.2 Å². The first-order valence-corrected chi connectivity index (χ1v) is 17.2. The first-order chi connectivity index (χ1) is 20.8. The van der Waals surface area contributed by atoms with Crippen LogP contribution in [0.25, 0.3) is 0 Å². The predicted molar refractivity (Wildman–Crippen MR) is 173 cm³/mol. The lowest BCUT2D eigenvalue weighted by Crippen LogP contribution is -2.67. The maximum Gasteiger partial charge on any atom is 0.307 e. The fourth-order valence-electron chi connectivity index (χ4n) is 6.18. The van der Waals surface area contributed by atoms with Crippen molar-refractivity contribution in [2.75, 3.05) is 19.0 Å². The standard InChI is InChI=1S/C33H62O11S/c1-11-30(5,6)29-27(44-21(34)15-16-45)25(38)23(36)20(43-29)18-41-33(10,14-4)32(9,13-3)28-26(39)24(37)22(35)19(42-28)17-40-31(7,8)12-2/h19-20,22-29,35-39,45H,11-18H2,1-10H3. The Morgan fingerprint density at radius 2 is 1.22 bits per heavy atom. The van der Waals surface area contributed by atoms with Gasteiger partial charge in [-0.25, -0.2) is 0 Å². The number of carbonyl (C=O) groups is 1. The molecule has 11 nitrogen and oxygen atoms in total. The van der Waals surface area contributed by atoms with Crippen LogP contribution in [-0.4, -0.2) is 123 Å². The van der Waals surface area contributed by atoms with Crippen LogP contribution in [-0.2, 0) is 28.5 Å². The number of rotatable bonds is 16. The summed E-state index contributed by atoms with van der Waals surface area (Å²) in [6, 6.07) is 0. The van der Waals surface area contributed by atoms with E-state index in [2.05, 4.69) is 12.6 Å². The molecule has 12 unspecified atom stereocenters. The van der Waals surface area contributed by atoms with Gasteiger partial charge in [-0.05, 0) is 51.9 Å². The minimum Gasteiger partial charge on any atom is -0.457 e. The van der Waals surface area contributed by atoms with Crippen molar-refractivity contribution in [1.82, 2.24) is 0 Å². The topological polar surface area (TPSA) is 164 Å². The molecule has 0 aromatic heterocycles. The lowest BCUT2D eigenvalue weighted by molar-refractivity contribution is -0.299. The number of aliphatic hydroxyl groups excluding tert-OH is 5. The average molecular weight is 667 g/mol. The monoisotopic (exact) mass is 666 g/mol. The van der Waals surface area contributed by atoms with Crippen LogP contribution in [0.1, 0.15) is 101 Å². The highest BCUT2D eigenvalue weighted by molar-refractivity contribution is 7.80. The molecule has 2 saturated heterocycles. The predicted octanol–water partition coefficient (Wildman–Crippen LogP) is 2.80. The van der Waals surface area contributed by atoms with Crippen molar-refractivity contribution in [3.63, 3.8) is 0 Å². The van der Waals surface area contributed by atoms with E-state index in [0.717, 1.165) is 6.42 Å². The lowest BCUT2D eigenvalue weighted by atomic mass is 9.64. The molecule has 45 heavy (non-hydrogen) atoms. The first-order valence-electron chi connectivity index (χ1n) is 16.6. The largest absolute Gasteiger partial charge is 0.457 e. The Labute approximate surface area is 275 Å². The van der Waals surface area contributed by atoms with Crippen molar-refractivity contribution in [3.05, 3.63) is 0 Å². The van der Waals surface area contributed by atoms with Crippen molar-refractivity contribution in [1.29, 1.82) is 0 Å². The summed E-state index contributed by atoms with van der Waals surface area (Å²) in [5.41, 5.74) is -2.86. The lowest BCUT2D eigenvalue weighted by Gasteiger charge is -2.55. The zero-order valence-electron chi connectivity index (χ0n) is 29.1. The summed E-state index contributed by atoms with van der Waals surface area (Å²) in [6.07, 6.45) is -9.23. The van der Waals surface area contributed by atoms with Gasteiger partial charge in [0.2, 0.25) is 0 Å². The number of thiol groups is 1. The van der Waals surface area contributed by atoms with Crippen LogP contribution in [0.2, 0.25) is 0 Å². The summed E-state index contributed by atoms with van der Waals surface area (Å²) in [4.78, 5) is 12.4. The molecular formula is C33H62O11S. The minimum atomic E-state index is -1.47. The smallest absolute Gasteiger partial charge is 0.307 e. The molecule has 0 aromatic carbocycles. The van der Waals surface area contributed by atoms with Gasteiger partial charge >= 0.3 is 5.97 Å². The molecule has 12 atom stereocenters. The summed E-state index contributed by atoms with van der Waals surface area (Å²) in [5, 5.41) is 55.3. The Morgan fingerprint density at radius 1 is 0.689 bits per heavy atom. The molecule has 2 fully saturated rings. The first kappa shape index (κ1) is 40.6. The van der Waals surface area contributed by atoms with E-state index in [-0.39, 0.29) is 25.4 Å². The number of hydrogen-bond acceptors (Lipinski definition) is 12. The van der Waals surface area contributed by atoms with E-state index >= 15 is 0 Å². The van der Waals surface area contributed by atoms with Crippen LogP contribution in [0, 0.1) is 10.8 Å². The average Bonchev–Trinajstić information content (AvgIpc) is 3.00. The molecule has 266 valence electrons. The van der Waals surface area contributed by atoms with E-state index in [1.54, 1.807) is 0 Å². The Hall–Kier alpha value is -0.540. The molecule has 2 rings (SSSR count). The van der Waals surface area contributed by atoms with Gasteiger partial charge in [0.1, 0.15) is 48.8 Å². The molecule has 0 spiro atoms. The van der Waals surface area contributed by atoms with Gasteiger partial charge in [-0.3, -0.25) is 4.79 Å². The highest BCUT2D eigenvalue weighted by Gasteiger charge is 2.58. The normalized spacial score (nSPS) is 35.8. The molecule has 0 aromatic rings. The zero-order chi connectivity index (χ0) is 34.5. The Bertz CT molecular complexity index is 934. The number of ether oxygens (including phenoxy) is 5. The van der Waals surface area contributed by atoms with E-state index in [1.165, 1.54) is 0 Å². The van der Waals surface area contributed by atoms with Crippen LogP contribution >= 0.6 is 12.6 Å². The summed E-state index contributed by atoms with van der Waals surface area (Å²) < 4.78 is 31.0. The van der Waals surface area contributed by atoms with Gasteiger partial charge in [0, 0.05) is 11.2 Å². The van der Waals surface area contributed by atoms with Gasteiger partial charge in [0.25, 0.3) is 0 Å². The fourth-order valence-corrected chi connectivity index (χ4v) is 6.36. The molecule has 2 aliphatic heterocycles. The number of aliphatic hydroxyl groups is 5. The quantitative estimate of drug-likeness (QED) is 0.106. The second-order valence-corrected chi connectivity index (χ2v) is 15.0. The molecule has 2 heterocycles. The maximum atomic E-state index is 12.4. The van der Waals surface area contributed by atoms with Gasteiger partial charge in [-0.15, -0.1) is 0 Å². The van der Waals surface area contributed by atoms with Crippen molar-refractivity contribution < 1.29 is 54.0 Å².